The summed E-state index contributed by atoms with van der Waals surface area (Å²) < 4.78 is 0.553. The van der Waals surface area contributed by atoms with Crippen LogP contribution in [0, 0.1) is 0 Å². The van der Waals surface area contributed by atoms with Gasteiger partial charge in [-0.1, -0.05) is 103 Å². The maximum atomic E-state index is 11.5. The molecule has 0 unspecified atom stereocenters. The summed E-state index contributed by atoms with van der Waals surface area (Å²) in [7, 11) is 4.09. The lowest BCUT2D eigenvalue weighted by Crippen LogP contribution is -2.60. The van der Waals surface area contributed by atoms with E-state index in [1.807, 2.05) is 27.9 Å². The molecule has 32 heavy (non-hydrogen) atoms. The molecule has 1 N–H and O–H groups in total. The molecule has 0 aromatic carbocycles. The molecule has 0 aliphatic carbocycles. The van der Waals surface area contributed by atoms with Crippen LogP contribution in [0.4, 0.5) is 0 Å². The summed E-state index contributed by atoms with van der Waals surface area (Å²) in [5.74, 6) is -0.706. The highest BCUT2D eigenvalue weighted by Gasteiger charge is 2.43. The summed E-state index contributed by atoms with van der Waals surface area (Å²) in [6.07, 6.45) is 30.4. The standard InChI is InChI=1S/C29H57NO2/c1-6-7-8-9-10-11-12-13-14-15-16-17-18-19-20-21-22-23-24-25-26-27-30(4,5)29(2,3)28(31)32/h13-14H,6-12,15-27H2,1-5H3/p+1. The number of aliphatic carboxylic acids is 1. The third-order valence-electron chi connectivity index (χ3n) is 7.52. The monoisotopic (exact) mass is 452 g/mol. The van der Waals surface area contributed by atoms with Crippen LogP contribution in [-0.2, 0) is 4.79 Å². The van der Waals surface area contributed by atoms with Crippen molar-refractivity contribution in [2.24, 2.45) is 0 Å². The summed E-state index contributed by atoms with van der Waals surface area (Å²) in [4.78, 5) is 11.5. The highest BCUT2D eigenvalue weighted by atomic mass is 16.4. The Morgan fingerprint density at radius 3 is 1.38 bits per heavy atom. The van der Waals surface area contributed by atoms with Crippen molar-refractivity contribution >= 4 is 5.97 Å². The van der Waals surface area contributed by atoms with E-state index in [0.717, 1.165) is 13.0 Å². The fourth-order valence-electron chi connectivity index (χ4n) is 4.18. The van der Waals surface area contributed by atoms with E-state index >= 15 is 0 Å². The van der Waals surface area contributed by atoms with Gasteiger partial charge in [0.25, 0.3) is 0 Å². The van der Waals surface area contributed by atoms with Gasteiger partial charge in [0.1, 0.15) is 0 Å². The first-order valence-electron chi connectivity index (χ1n) is 14.0. The second kappa shape index (κ2) is 19.6. The lowest BCUT2D eigenvalue weighted by Gasteiger charge is -2.41. The first-order chi connectivity index (χ1) is 15.3. The second-order valence-corrected chi connectivity index (χ2v) is 11.0. The first kappa shape index (κ1) is 31.2. The fraction of sp³-hybridized carbons (Fsp3) is 0.897. The van der Waals surface area contributed by atoms with Gasteiger partial charge in [-0.2, -0.15) is 0 Å². The highest BCUT2D eigenvalue weighted by molar-refractivity contribution is 5.76. The van der Waals surface area contributed by atoms with E-state index < -0.39 is 11.5 Å². The van der Waals surface area contributed by atoms with Gasteiger partial charge >= 0.3 is 5.97 Å². The molecule has 0 amide bonds. The molecular weight excluding hydrogens is 394 g/mol. The van der Waals surface area contributed by atoms with Gasteiger partial charge in [0.15, 0.2) is 5.54 Å². The van der Waals surface area contributed by atoms with Gasteiger partial charge in [-0.3, -0.25) is 0 Å². The Balaban J connectivity index is 3.37. The van der Waals surface area contributed by atoms with Crippen molar-refractivity contribution in [2.45, 2.75) is 148 Å². The number of nitrogens with zero attached hydrogens (tertiary/aromatic N) is 1. The van der Waals surface area contributed by atoms with Crippen molar-refractivity contribution in [2.75, 3.05) is 20.6 Å². The molecule has 3 nitrogen and oxygen atoms in total. The first-order valence-corrected chi connectivity index (χ1v) is 14.0. The number of carbonyl (C=O) groups is 1. The fourth-order valence-corrected chi connectivity index (χ4v) is 4.18. The van der Waals surface area contributed by atoms with Crippen molar-refractivity contribution in [3.63, 3.8) is 0 Å². The Bertz CT molecular complexity index is 468. The lowest BCUT2D eigenvalue weighted by atomic mass is 9.99. The van der Waals surface area contributed by atoms with Crippen molar-refractivity contribution in [3.8, 4) is 0 Å². The molecule has 0 aromatic rings. The molecule has 0 aliphatic rings. The molecule has 0 aromatic heterocycles. The van der Waals surface area contributed by atoms with Gasteiger partial charge < -0.3 is 9.59 Å². The number of carboxylic acids is 1. The Morgan fingerprint density at radius 2 is 1.00 bits per heavy atom. The van der Waals surface area contributed by atoms with Crippen LogP contribution < -0.4 is 0 Å². The van der Waals surface area contributed by atoms with Gasteiger partial charge in [-0.15, -0.1) is 0 Å². The van der Waals surface area contributed by atoms with Crippen LogP contribution in [0.5, 0.6) is 0 Å². The Kier molecular flexibility index (Phi) is 19.1. The zero-order valence-corrected chi connectivity index (χ0v) is 22.6. The minimum Gasteiger partial charge on any atom is -0.477 e. The zero-order chi connectivity index (χ0) is 24.1. The third-order valence-corrected chi connectivity index (χ3v) is 7.52. The number of hydrogen-bond donors (Lipinski definition) is 1. The van der Waals surface area contributed by atoms with Crippen molar-refractivity contribution < 1.29 is 14.4 Å². The maximum absolute atomic E-state index is 11.5. The van der Waals surface area contributed by atoms with Crippen LogP contribution in [-0.4, -0.2) is 41.7 Å². The van der Waals surface area contributed by atoms with E-state index in [0.29, 0.717) is 4.48 Å². The van der Waals surface area contributed by atoms with E-state index in [-0.39, 0.29) is 0 Å². The van der Waals surface area contributed by atoms with Crippen LogP contribution >= 0.6 is 0 Å². The average molecular weight is 453 g/mol. The van der Waals surface area contributed by atoms with E-state index in [9.17, 15) is 9.90 Å². The molecule has 3 heteroatoms. The Labute approximate surface area is 201 Å². The molecule has 0 atom stereocenters. The summed E-state index contributed by atoms with van der Waals surface area (Å²) in [6, 6.07) is 0. The highest BCUT2D eigenvalue weighted by Crippen LogP contribution is 2.22. The minimum atomic E-state index is -0.718. The van der Waals surface area contributed by atoms with Gasteiger partial charge in [-0.05, 0) is 38.5 Å². The summed E-state index contributed by atoms with van der Waals surface area (Å²) >= 11 is 0. The van der Waals surface area contributed by atoms with Crippen molar-refractivity contribution in [3.05, 3.63) is 12.2 Å². The lowest BCUT2D eigenvalue weighted by molar-refractivity contribution is -0.928. The number of likely N-dealkylation sites (N-methyl/N-ethyl adjacent to an activating group) is 1. The third kappa shape index (κ3) is 15.9. The molecule has 0 saturated carbocycles. The number of rotatable bonds is 23. The van der Waals surface area contributed by atoms with E-state index in [4.69, 9.17) is 0 Å². The number of unbranched alkanes of at least 4 members (excludes halogenated alkanes) is 17. The molecule has 0 heterocycles. The summed E-state index contributed by atoms with van der Waals surface area (Å²) in [5.41, 5.74) is -0.718. The quantitative estimate of drug-likeness (QED) is 0.0954. The molecule has 0 bridgehead atoms. The second-order valence-electron chi connectivity index (χ2n) is 11.0. The van der Waals surface area contributed by atoms with Crippen LogP contribution in [0.2, 0.25) is 0 Å². The zero-order valence-electron chi connectivity index (χ0n) is 22.6. The molecule has 0 fully saturated rings. The largest absolute Gasteiger partial charge is 0.477 e. The van der Waals surface area contributed by atoms with Gasteiger partial charge in [0, 0.05) is 13.8 Å². The predicted molar refractivity (Wildman–Crippen MR) is 141 cm³/mol. The van der Waals surface area contributed by atoms with Crippen molar-refractivity contribution in [1.29, 1.82) is 0 Å². The normalized spacial score (nSPS) is 12.7. The summed E-state index contributed by atoms with van der Waals surface area (Å²) in [6.45, 7) is 6.89. The SMILES string of the molecule is CCCCCCCCC=CCCCCCCCCCCCCC[N+](C)(C)C(C)(C)C(=O)O. The van der Waals surface area contributed by atoms with Gasteiger partial charge in [0.05, 0.1) is 20.6 Å². The molecule has 0 saturated heterocycles. The minimum absolute atomic E-state index is 0.553. The van der Waals surface area contributed by atoms with E-state index in [2.05, 4.69) is 19.1 Å². The Hall–Kier alpha value is -0.830. The van der Waals surface area contributed by atoms with Crippen molar-refractivity contribution in [1.82, 2.24) is 0 Å². The maximum Gasteiger partial charge on any atom is 0.365 e. The van der Waals surface area contributed by atoms with Crippen LogP contribution in [0.1, 0.15) is 143 Å². The molecular formula is C29H58NO2+. The number of carboxylic acid groups (broad SMARTS) is 1. The van der Waals surface area contributed by atoms with E-state index in [1.165, 1.54) is 116 Å². The van der Waals surface area contributed by atoms with Crippen LogP contribution in [0.25, 0.3) is 0 Å². The Morgan fingerprint density at radius 1 is 0.656 bits per heavy atom. The van der Waals surface area contributed by atoms with Gasteiger partial charge in [0.2, 0.25) is 0 Å². The number of hydrogen-bond acceptors (Lipinski definition) is 1. The molecule has 0 aliphatic heterocycles. The predicted octanol–water partition coefficient (Wildman–Crippen LogP) is 8.91. The van der Waals surface area contributed by atoms with Crippen LogP contribution in [0.15, 0.2) is 12.2 Å². The molecule has 0 spiro atoms. The number of quaternary nitrogens is 1. The van der Waals surface area contributed by atoms with Gasteiger partial charge in [-0.25, -0.2) is 4.79 Å². The molecule has 0 radical (unpaired) electrons. The van der Waals surface area contributed by atoms with Crippen LogP contribution in [0.3, 0.4) is 0 Å². The average Bonchev–Trinajstić information content (AvgIpc) is 2.74. The molecule has 190 valence electrons. The van der Waals surface area contributed by atoms with E-state index in [1.54, 1.807) is 0 Å². The topological polar surface area (TPSA) is 37.3 Å². The molecule has 0 rings (SSSR count). The summed E-state index contributed by atoms with van der Waals surface area (Å²) in [5, 5.41) is 9.43. The number of allylic oxidation sites excluding steroid dienone is 2. The smallest absolute Gasteiger partial charge is 0.365 e.